The van der Waals surface area contributed by atoms with Crippen LogP contribution in [0.15, 0.2) is 30.6 Å². The summed E-state index contributed by atoms with van der Waals surface area (Å²) in [4.78, 5) is 23.2. The van der Waals surface area contributed by atoms with Crippen molar-refractivity contribution in [3.63, 3.8) is 0 Å². The lowest BCUT2D eigenvalue weighted by atomic mass is 10.3. The minimum absolute atomic E-state index is 0.0908. The molecule has 0 radical (unpaired) electrons. The molecule has 0 saturated carbocycles. The van der Waals surface area contributed by atoms with Crippen molar-refractivity contribution >= 4 is 11.5 Å². The van der Waals surface area contributed by atoms with E-state index in [4.69, 9.17) is 14.6 Å². The summed E-state index contributed by atoms with van der Waals surface area (Å²) in [5, 5.41) is 20.7. The topological polar surface area (TPSA) is 114 Å². The van der Waals surface area contributed by atoms with Crippen LogP contribution in [0, 0.1) is 10.1 Å². The van der Waals surface area contributed by atoms with Crippen molar-refractivity contribution in [1.82, 2.24) is 14.9 Å². The molecule has 0 unspecified atom stereocenters. The van der Waals surface area contributed by atoms with Gasteiger partial charge in [0, 0.05) is 32.7 Å². The van der Waals surface area contributed by atoms with Gasteiger partial charge in [0.1, 0.15) is 17.8 Å². The first kappa shape index (κ1) is 18.8. The van der Waals surface area contributed by atoms with Crippen molar-refractivity contribution < 1.29 is 19.5 Å². The van der Waals surface area contributed by atoms with Gasteiger partial charge in [-0.05, 0) is 24.3 Å². The van der Waals surface area contributed by atoms with Crippen LogP contribution in [0.5, 0.6) is 17.4 Å². The highest BCUT2D eigenvalue weighted by Crippen LogP contribution is 2.36. The Morgan fingerprint density at radius 1 is 1.15 bits per heavy atom. The fourth-order valence-electron chi connectivity index (χ4n) is 2.90. The van der Waals surface area contributed by atoms with E-state index in [-0.39, 0.29) is 24.0 Å². The Morgan fingerprint density at radius 3 is 2.41 bits per heavy atom. The van der Waals surface area contributed by atoms with E-state index in [2.05, 4.69) is 14.9 Å². The third-order valence-corrected chi connectivity index (χ3v) is 4.31. The second-order valence-electron chi connectivity index (χ2n) is 5.94. The van der Waals surface area contributed by atoms with E-state index in [1.54, 1.807) is 31.4 Å². The number of nitro groups is 1. The molecule has 0 aliphatic carbocycles. The molecular weight excluding hydrogens is 354 g/mol. The van der Waals surface area contributed by atoms with E-state index in [1.807, 2.05) is 4.90 Å². The Morgan fingerprint density at radius 2 is 1.81 bits per heavy atom. The summed E-state index contributed by atoms with van der Waals surface area (Å²) in [6, 6.07) is 6.70. The van der Waals surface area contributed by atoms with Gasteiger partial charge in [0.15, 0.2) is 0 Å². The normalized spacial score (nSPS) is 14.8. The molecule has 1 aliphatic rings. The number of β-amino-alcohol motifs (C(OH)–C–C–N with tert-alkyl or cyclic N) is 1. The molecule has 0 spiro atoms. The second kappa shape index (κ2) is 8.60. The van der Waals surface area contributed by atoms with Gasteiger partial charge in [0.05, 0.1) is 18.6 Å². The molecule has 0 bridgehead atoms. The van der Waals surface area contributed by atoms with Gasteiger partial charge in [-0.15, -0.1) is 0 Å². The minimum atomic E-state index is -0.520. The number of benzene rings is 1. The molecule has 10 nitrogen and oxygen atoms in total. The molecule has 3 rings (SSSR count). The van der Waals surface area contributed by atoms with Crippen molar-refractivity contribution in [2.75, 3.05) is 51.3 Å². The molecule has 1 aromatic carbocycles. The number of hydrogen-bond donors (Lipinski definition) is 1. The summed E-state index contributed by atoms with van der Waals surface area (Å²) in [7, 11) is 1.55. The number of aromatic nitrogens is 2. The number of piperazine rings is 1. The van der Waals surface area contributed by atoms with Crippen molar-refractivity contribution in [1.29, 1.82) is 0 Å². The molecule has 1 fully saturated rings. The molecular formula is C17H21N5O5. The fourth-order valence-corrected chi connectivity index (χ4v) is 2.90. The summed E-state index contributed by atoms with van der Waals surface area (Å²) in [6.07, 6.45) is 1.27. The molecule has 1 saturated heterocycles. The van der Waals surface area contributed by atoms with Crippen LogP contribution in [0.3, 0.4) is 0 Å². The van der Waals surface area contributed by atoms with Crippen molar-refractivity contribution in [3.8, 4) is 17.4 Å². The fraction of sp³-hybridized carbons (Fsp3) is 0.412. The zero-order chi connectivity index (χ0) is 19.2. The SMILES string of the molecule is COc1ccc(Oc2ncnc(N3CCN(CCO)CC3)c2[N+](=O)[O-])cc1. The van der Waals surface area contributed by atoms with Gasteiger partial charge in [0.2, 0.25) is 5.82 Å². The van der Waals surface area contributed by atoms with Crippen LogP contribution in [0.25, 0.3) is 0 Å². The molecule has 1 N–H and O–H groups in total. The summed E-state index contributed by atoms with van der Waals surface area (Å²) in [6.45, 7) is 3.20. The van der Waals surface area contributed by atoms with Gasteiger partial charge in [-0.3, -0.25) is 15.0 Å². The maximum atomic E-state index is 11.7. The lowest BCUT2D eigenvalue weighted by molar-refractivity contribution is -0.385. The number of hydrogen-bond acceptors (Lipinski definition) is 9. The largest absolute Gasteiger partial charge is 0.497 e. The van der Waals surface area contributed by atoms with Gasteiger partial charge in [-0.2, -0.15) is 4.98 Å². The first-order chi connectivity index (χ1) is 13.1. The predicted molar refractivity (Wildman–Crippen MR) is 97.5 cm³/mol. The Kier molecular flexibility index (Phi) is 5.99. The monoisotopic (exact) mass is 375 g/mol. The van der Waals surface area contributed by atoms with E-state index in [0.29, 0.717) is 44.2 Å². The third kappa shape index (κ3) is 4.41. The number of aliphatic hydroxyl groups is 1. The highest BCUT2D eigenvalue weighted by Gasteiger charge is 2.30. The van der Waals surface area contributed by atoms with E-state index in [9.17, 15) is 10.1 Å². The van der Waals surface area contributed by atoms with E-state index < -0.39 is 4.92 Å². The van der Waals surface area contributed by atoms with Gasteiger partial charge >= 0.3 is 11.6 Å². The minimum Gasteiger partial charge on any atom is -0.497 e. The summed E-state index contributed by atoms with van der Waals surface area (Å²) in [5.41, 5.74) is -0.260. The molecule has 0 atom stereocenters. The van der Waals surface area contributed by atoms with Crippen LogP contribution in [-0.4, -0.2) is 71.3 Å². The predicted octanol–water partition coefficient (Wildman–Crippen LogP) is 1.30. The molecule has 1 aliphatic heterocycles. The van der Waals surface area contributed by atoms with E-state index in [1.165, 1.54) is 6.33 Å². The van der Waals surface area contributed by atoms with Gasteiger partial charge in [0.25, 0.3) is 0 Å². The number of ether oxygens (including phenoxy) is 2. The average Bonchev–Trinajstić information content (AvgIpc) is 2.69. The van der Waals surface area contributed by atoms with Crippen LogP contribution < -0.4 is 14.4 Å². The number of rotatable bonds is 7. The van der Waals surface area contributed by atoms with Gasteiger partial charge in [-0.25, -0.2) is 4.98 Å². The maximum Gasteiger partial charge on any atom is 0.373 e. The van der Waals surface area contributed by atoms with Crippen LogP contribution >= 0.6 is 0 Å². The molecule has 2 aromatic rings. The molecule has 1 aromatic heterocycles. The lowest BCUT2D eigenvalue weighted by Crippen LogP contribution is -2.47. The Bertz CT molecular complexity index is 778. The molecule has 10 heteroatoms. The summed E-state index contributed by atoms with van der Waals surface area (Å²) in [5.74, 6) is 1.20. The van der Waals surface area contributed by atoms with Crippen molar-refractivity contribution in [2.24, 2.45) is 0 Å². The van der Waals surface area contributed by atoms with Crippen molar-refractivity contribution in [2.45, 2.75) is 0 Å². The molecule has 0 amide bonds. The molecule has 27 heavy (non-hydrogen) atoms. The number of nitrogens with zero attached hydrogens (tertiary/aromatic N) is 5. The third-order valence-electron chi connectivity index (χ3n) is 4.31. The van der Waals surface area contributed by atoms with Crippen LogP contribution in [0.2, 0.25) is 0 Å². The highest BCUT2D eigenvalue weighted by atomic mass is 16.6. The van der Waals surface area contributed by atoms with Crippen molar-refractivity contribution in [3.05, 3.63) is 40.7 Å². The standard InChI is InChI=1S/C17H21N5O5/c1-26-13-2-4-14(5-3-13)27-17-15(22(24)25)16(18-12-19-17)21-8-6-20(7-9-21)10-11-23/h2-5,12,23H,6-11H2,1H3. The Balaban J connectivity index is 1.83. The molecule has 144 valence electrons. The van der Waals surface area contributed by atoms with Crippen LogP contribution in [0.1, 0.15) is 0 Å². The number of aliphatic hydroxyl groups excluding tert-OH is 1. The van der Waals surface area contributed by atoms with Crippen LogP contribution in [-0.2, 0) is 0 Å². The lowest BCUT2D eigenvalue weighted by Gasteiger charge is -2.34. The zero-order valence-corrected chi connectivity index (χ0v) is 14.9. The number of anilines is 1. The average molecular weight is 375 g/mol. The molecule has 2 heterocycles. The van der Waals surface area contributed by atoms with Gasteiger partial charge in [-0.1, -0.05) is 0 Å². The Hall–Kier alpha value is -2.98. The second-order valence-corrected chi connectivity index (χ2v) is 5.94. The first-order valence-electron chi connectivity index (χ1n) is 8.52. The maximum absolute atomic E-state index is 11.7. The first-order valence-corrected chi connectivity index (χ1v) is 8.52. The zero-order valence-electron chi connectivity index (χ0n) is 14.9. The van der Waals surface area contributed by atoms with Gasteiger partial charge < -0.3 is 19.5 Å². The Labute approximate surface area is 156 Å². The summed E-state index contributed by atoms with van der Waals surface area (Å²) >= 11 is 0. The van der Waals surface area contributed by atoms with E-state index in [0.717, 1.165) is 0 Å². The highest BCUT2D eigenvalue weighted by molar-refractivity contribution is 5.63. The smallest absolute Gasteiger partial charge is 0.373 e. The summed E-state index contributed by atoms with van der Waals surface area (Å²) < 4.78 is 10.7. The number of methoxy groups -OCH3 is 1. The quantitative estimate of drug-likeness (QED) is 0.565. The van der Waals surface area contributed by atoms with E-state index >= 15 is 0 Å². The van der Waals surface area contributed by atoms with Crippen LogP contribution in [0.4, 0.5) is 11.5 Å².